The molecule has 2 amide bonds. The van der Waals surface area contributed by atoms with E-state index >= 15 is 0 Å². The molecular formula is C16H25N3O2. The first kappa shape index (κ1) is 17.2. The minimum absolute atomic E-state index is 0.0201. The van der Waals surface area contributed by atoms with Gasteiger partial charge in [-0.25, -0.2) is 0 Å². The zero-order valence-corrected chi connectivity index (χ0v) is 13.5. The molecule has 0 radical (unpaired) electrons. The summed E-state index contributed by atoms with van der Waals surface area (Å²) in [5.74, 6) is -0.103. The van der Waals surface area contributed by atoms with E-state index in [2.05, 4.69) is 5.32 Å². The lowest BCUT2D eigenvalue weighted by atomic mass is 10.1. The fourth-order valence-corrected chi connectivity index (χ4v) is 1.85. The van der Waals surface area contributed by atoms with Crippen molar-refractivity contribution in [3.05, 3.63) is 35.9 Å². The van der Waals surface area contributed by atoms with E-state index in [1.54, 1.807) is 33.0 Å². The fourth-order valence-electron chi connectivity index (χ4n) is 1.85. The number of benzene rings is 1. The summed E-state index contributed by atoms with van der Waals surface area (Å²) in [6.07, 6.45) is 0. The molecule has 21 heavy (non-hydrogen) atoms. The van der Waals surface area contributed by atoms with E-state index in [1.165, 1.54) is 4.90 Å². The van der Waals surface area contributed by atoms with Gasteiger partial charge in [0.1, 0.15) is 0 Å². The summed E-state index contributed by atoms with van der Waals surface area (Å²) in [4.78, 5) is 27.2. The summed E-state index contributed by atoms with van der Waals surface area (Å²) in [5, 5.41) is 2.97. The van der Waals surface area contributed by atoms with Crippen molar-refractivity contribution in [3.63, 3.8) is 0 Å². The van der Waals surface area contributed by atoms with Gasteiger partial charge in [0.15, 0.2) is 0 Å². The van der Waals surface area contributed by atoms with Crippen LogP contribution in [-0.2, 0) is 9.59 Å². The first-order chi connectivity index (χ1) is 9.82. The van der Waals surface area contributed by atoms with E-state index in [1.807, 2.05) is 37.3 Å². The quantitative estimate of drug-likeness (QED) is 0.859. The lowest BCUT2D eigenvalue weighted by Crippen LogP contribution is -2.47. The Labute approximate surface area is 126 Å². The van der Waals surface area contributed by atoms with Crippen LogP contribution < -0.4 is 5.32 Å². The zero-order chi connectivity index (χ0) is 16.0. The number of rotatable bonds is 6. The second kappa shape index (κ2) is 7.78. The van der Waals surface area contributed by atoms with Crippen LogP contribution in [0.1, 0.15) is 25.5 Å². The van der Waals surface area contributed by atoms with Crippen molar-refractivity contribution in [1.82, 2.24) is 15.1 Å². The highest BCUT2D eigenvalue weighted by Gasteiger charge is 2.22. The number of amides is 2. The smallest absolute Gasteiger partial charge is 0.237 e. The largest absolute Gasteiger partial charge is 0.348 e. The molecule has 0 saturated carbocycles. The molecule has 1 aromatic carbocycles. The molecule has 1 aromatic rings. The third-order valence-electron chi connectivity index (χ3n) is 3.58. The maximum absolute atomic E-state index is 12.2. The van der Waals surface area contributed by atoms with Crippen LogP contribution in [0.25, 0.3) is 0 Å². The third kappa shape index (κ3) is 5.19. The molecule has 5 nitrogen and oxygen atoms in total. The molecule has 0 bridgehead atoms. The number of carbonyl (C=O) groups is 2. The lowest BCUT2D eigenvalue weighted by molar-refractivity contribution is -0.132. The van der Waals surface area contributed by atoms with Gasteiger partial charge in [-0.15, -0.1) is 0 Å². The highest BCUT2D eigenvalue weighted by Crippen LogP contribution is 2.11. The minimum atomic E-state index is -0.361. The van der Waals surface area contributed by atoms with Crippen LogP contribution in [0.5, 0.6) is 0 Å². The molecule has 0 aromatic heterocycles. The van der Waals surface area contributed by atoms with Gasteiger partial charge in [-0.1, -0.05) is 30.3 Å². The number of hydrogen-bond donors (Lipinski definition) is 1. The summed E-state index contributed by atoms with van der Waals surface area (Å²) in [7, 11) is 5.19. The molecule has 0 aliphatic rings. The summed E-state index contributed by atoms with van der Waals surface area (Å²) in [6, 6.07) is 9.39. The van der Waals surface area contributed by atoms with E-state index in [0.717, 1.165) is 5.56 Å². The van der Waals surface area contributed by atoms with Crippen LogP contribution in [-0.4, -0.2) is 55.3 Å². The van der Waals surface area contributed by atoms with Crippen LogP contribution in [0.4, 0.5) is 0 Å². The predicted molar refractivity (Wildman–Crippen MR) is 83.8 cm³/mol. The first-order valence-electron chi connectivity index (χ1n) is 7.08. The first-order valence-corrected chi connectivity index (χ1v) is 7.08. The number of nitrogens with zero attached hydrogens (tertiary/aromatic N) is 2. The van der Waals surface area contributed by atoms with Crippen LogP contribution in [0.3, 0.4) is 0 Å². The monoisotopic (exact) mass is 291 g/mol. The summed E-state index contributed by atoms with van der Waals surface area (Å²) in [6.45, 7) is 3.97. The molecule has 116 valence electrons. The molecular weight excluding hydrogens is 266 g/mol. The SMILES string of the molecule is CC(NC(=O)C(C)N(C)CC(=O)N(C)C)c1ccccc1. The number of likely N-dealkylation sites (N-methyl/N-ethyl adjacent to an activating group) is 2. The zero-order valence-electron chi connectivity index (χ0n) is 13.5. The molecule has 0 aliphatic heterocycles. The number of carbonyl (C=O) groups excluding carboxylic acids is 2. The molecule has 0 spiro atoms. The van der Waals surface area contributed by atoms with E-state index in [9.17, 15) is 9.59 Å². The van der Waals surface area contributed by atoms with Gasteiger partial charge >= 0.3 is 0 Å². The van der Waals surface area contributed by atoms with Crippen molar-refractivity contribution in [1.29, 1.82) is 0 Å². The molecule has 0 saturated heterocycles. The third-order valence-corrected chi connectivity index (χ3v) is 3.58. The highest BCUT2D eigenvalue weighted by atomic mass is 16.2. The van der Waals surface area contributed by atoms with Crippen molar-refractivity contribution in [2.24, 2.45) is 0 Å². The Morgan fingerprint density at radius 2 is 1.67 bits per heavy atom. The molecule has 0 aliphatic carbocycles. The van der Waals surface area contributed by atoms with Gasteiger partial charge in [-0.2, -0.15) is 0 Å². The normalized spacial score (nSPS) is 13.6. The summed E-state index contributed by atoms with van der Waals surface area (Å²) in [5.41, 5.74) is 1.06. The second-order valence-electron chi connectivity index (χ2n) is 5.52. The van der Waals surface area contributed by atoms with Gasteiger partial charge in [-0.3, -0.25) is 14.5 Å². The van der Waals surface area contributed by atoms with Crippen LogP contribution in [0.15, 0.2) is 30.3 Å². The molecule has 2 unspecified atom stereocenters. The Kier molecular flexibility index (Phi) is 6.37. The minimum Gasteiger partial charge on any atom is -0.348 e. The number of nitrogens with one attached hydrogen (secondary N) is 1. The second-order valence-corrected chi connectivity index (χ2v) is 5.52. The van der Waals surface area contributed by atoms with Crippen molar-refractivity contribution in [2.75, 3.05) is 27.7 Å². The average Bonchev–Trinajstić information content (AvgIpc) is 2.46. The Bertz CT molecular complexity index is 474. The molecule has 5 heteroatoms. The maximum atomic E-state index is 12.2. The highest BCUT2D eigenvalue weighted by molar-refractivity contribution is 5.83. The lowest BCUT2D eigenvalue weighted by Gasteiger charge is -2.26. The van der Waals surface area contributed by atoms with E-state index in [-0.39, 0.29) is 30.4 Å². The van der Waals surface area contributed by atoms with Gasteiger partial charge in [-0.05, 0) is 26.5 Å². The van der Waals surface area contributed by atoms with E-state index < -0.39 is 0 Å². The fraction of sp³-hybridized carbons (Fsp3) is 0.500. The van der Waals surface area contributed by atoms with Crippen LogP contribution in [0, 0.1) is 0 Å². The molecule has 0 fully saturated rings. The molecule has 1 N–H and O–H groups in total. The van der Waals surface area contributed by atoms with Crippen LogP contribution in [0.2, 0.25) is 0 Å². The van der Waals surface area contributed by atoms with Crippen molar-refractivity contribution in [2.45, 2.75) is 25.9 Å². The predicted octanol–water partition coefficient (Wildman–Crippen LogP) is 1.27. The Balaban J connectivity index is 2.56. The Morgan fingerprint density at radius 3 is 2.19 bits per heavy atom. The van der Waals surface area contributed by atoms with Gasteiger partial charge in [0.05, 0.1) is 18.6 Å². The Hall–Kier alpha value is -1.88. The van der Waals surface area contributed by atoms with Crippen molar-refractivity contribution >= 4 is 11.8 Å². The topological polar surface area (TPSA) is 52.7 Å². The Morgan fingerprint density at radius 1 is 1.10 bits per heavy atom. The summed E-state index contributed by atoms with van der Waals surface area (Å²) < 4.78 is 0. The van der Waals surface area contributed by atoms with Crippen LogP contribution >= 0.6 is 0 Å². The van der Waals surface area contributed by atoms with Gasteiger partial charge in [0.25, 0.3) is 0 Å². The van der Waals surface area contributed by atoms with Gasteiger partial charge in [0.2, 0.25) is 11.8 Å². The molecule has 2 atom stereocenters. The summed E-state index contributed by atoms with van der Waals surface area (Å²) >= 11 is 0. The van der Waals surface area contributed by atoms with Crippen molar-refractivity contribution < 1.29 is 9.59 Å². The van der Waals surface area contributed by atoms with E-state index in [0.29, 0.717) is 0 Å². The van der Waals surface area contributed by atoms with Gasteiger partial charge < -0.3 is 10.2 Å². The molecule has 1 rings (SSSR count). The van der Waals surface area contributed by atoms with Gasteiger partial charge in [0, 0.05) is 14.1 Å². The molecule has 0 heterocycles. The standard InChI is InChI=1S/C16H25N3O2/c1-12(14-9-7-6-8-10-14)17-16(21)13(2)19(5)11-15(20)18(3)4/h6-10,12-13H,11H2,1-5H3,(H,17,21). The maximum Gasteiger partial charge on any atom is 0.237 e. The van der Waals surface area contributed by atoms with Crippen molar-refractivity contribution in [3.8, 4) is 0 Å². The number of hydrogen-bond acceptors (Lipinski definition) is 3. The average molecular weight is 291 g/mol. The van der Waals surface area contributed by atoms with E-state index in [4.69, 9.17) is 0 Å².